The molecule has 0 saturated heterocycles. The lowest BCUT2D eigenvalue weighted by molar-refractivity contribution is 0.549. The zero-order chi connectivity index (χ0) is 13.8. The van der Waals surface area contributed by atoms with Crippen molar-refractivity contribution in [3.8, 4) is 0 Å². The van der Waals surface area contributed by atoms with Gasteiger partial charge in [0.05, 0.1) is 17.4 Å². The van der Waals surface area contributed by atoms with Crippen molar-refractivity contribution in [3.63, 3.8) is 0 Å². The fraction of sp³-hybridized carbons (Fsp3) is 0.400. The zero-order valence-corrected chi connectivity index (χ0v) is 11.4. The number of aromatic nitrogens is 2. The molecule has 2 aromatic rings. The number of aryl methyl sites for hydroxylation is 2. The highest BCUT2D eigenvalue weighted by atomic mass is 19.1. The second kappa shape index (κ2) is 5.97. The molecular weight excluding hydrogens is 241 g/mol. The van der Waals surface area contributed by atoms with Crippen molar-refractivity contribution in [1.29, 1.82) is 0 Å². The number of nitrogens with two attached hydrogens (primary N) is 1. The third-order valence-electron chi connectivity index (χ3n) is 3.30. The summed E-state index contributed by atoms with van der Waals surface area (Å²) in [5, 5.41) is 4.48. The van der Waals surface area contributed by atoms with Crippen molar-refractivity contribution in [1.82, 2.24) is 9.78 Å². The summed E-state index contributed by atoms with van der Waals surface area (Å²) in [6, 6.07) is 8.56. The van der Waals surface area contributed by atoms with Crippen LogP contribution in [-0.2, 0) is 19.4 Å². The predicted octanol–water partition coefficient (Wildman–Crippen LogP) is 2.85. The Morgan fingerprint density at radius 3 is 2.68 bits per heavy atom. The quantitative estimate of drug-likeness (QED) is 0.899. The van der Waals surface area contributed by atoms with Gasteiger partial charge in [-0.3, -0.25) is 4.68 Å². The van der Waals surface area contributed by atoms with Gasteiger partial charge in [0.15, 0.2) is 0 Å². The zero-order valence-electron chi connectivity index (χ0n) is 11.4. The summed E-state index contributed by atoms with van der Waals surface area (Å²) in [5.74, 6) is -0.198. The van der Waals surface area contributed by atoms with Crippen LogP contribution in [0, 0.1) is 5.82 Å². The molecule has 0 saturated carbocycles. The standard InChI is InChI=1S/C15H20FN3/c1-3-12-10-15(19(4-2)18-12)14(17)9-11-7-5-6-8-13(11)16/h5-8,10,14H,3-4,9,17H2,1-2H3. The first-order chi connectivity index (χ1) is 9.15. The lowest BCUT2D eigenvalue weighted by atomic mass is 10.0. The maximum absolute atomic E-state index is 13.6. The van der Waals surface area contributed by atoms with E-state index in [1.165, 1.54) is 6.07 Å². The number of hydrogen-bond donors (Lipinski definition) is 1. The summed E-state index contributed by atoms with van der Waals surface area (Å²) in [5.41, 5.74) is 8.87. The van der Waals surface area contributed by atoms with Gasteiger partial charge in [-0.15, -0.1) is 0 Å². The minimum absolute atomic E-state index is 0.198. The molecule has 1 heterocycles. The van der Waals surface area contributed by atoms with Gasteiger partial charge >= 0.3 is 0 Å². The molecule has 1 aromatic carbocycles. The largest absolute Gasteiger partial charge is 0.322 e. The Balaban J connectivity index is 2.22. The maximum Gasteiger partial charge on any atom is 0.126 e. The van der Waals surface area contributed by atoms with E-state index in [-0.39, 0.29) is 11.9 Å². The van der Waals surface area contributed by atoms with E-state index >= 15 is 0 Å². The normalized spacial score (nSPS) is 12.6. The Morgan fingerprint density at radius 1 is 1.32 bits per heavy atom. The average Bonchev–Trinajstić information content (AvgIpc) is 2.84. The van der Waals surface area contributed by atoms with Gasteiger partial charge < -0.3 is 5.73 Å². The molecule has 4 heteroatoms. The molecule has 0 bridgehead atoms. The first kappa shape index (κ1) is 13.7. The fourth-order valence-corrected chi connectivity index (χ4v) is 2.22. The molecule has 0 spiro atoms. The fourth-order valence-electron chi connectivity index (χ4n) is 2.22. The summed E-state index contributed by atoms with van der Waals surface area (Å²) in [6.07, 6.45) is 1.37. The van der Waals surface area contributed by atoms with Gasteiger partial charge in [0.25, 0.3) is 0 Å². The van der Waals surface area contributed by atoms with Crippen molar-refractivity contribution >= 4 is 0 Å². The van der Waals surface area contributed by atoms with E-state index in [0.29, 0.717) is 12.0 Å². The Hall–Kier alpha value is -1.68. The van der Waals surface area contributed by atoms with Gasteiger partial charge in [-0.1, -0.05) is 25.1 Å². The molecule has 0 amide bonds. The van der Waals surface area contributed by atoms with Crippen molar-refractivity contribution in [2.24, 2.45) is 5.73 Å². The number of rotatable bonds is 5. The molecule has 0 radical (unpaired) electrons. The van der Waals surface area contributed by atoms with Gasteiger partial charge in [-0.2, -0.15) is 5.10 Å². The van der Waals surface area contributed by atoms with Crippen LogP contribution in [0.15, 0.2) is 30.3 Å². The van der Waals surface area contributed by atoms with Crippen LogP contribution in [0.1, 0.15) is 36.8 Å². The highest BCUT2D eigenvalue weighted by Crippen LogP contribution is 2.19. The van der Waals surface area contributed by atoms with Crippen LogP contribution < -0.4 is 5.73 Å². The molecule has 1 atom stereocenters. The Labute approximate surface area is 113 Å². The smallest absolute Gasteiger partial charge is 0.126 e. The molecule has 3 nitrogen and oxygen atoms in total. The first-order valence-electron chi connectivity index (χ1n) is 6.71. The molecule has 0 aliphatic heterocycles. The van der Waals surface area contributed by atoms with E-state index in [4.69, 9.17) is 5.73 Å². The van der Waals surface area contributed by atoms with Crippen LogP contribution in [0.3, 0.4) is 0 Å². The van der Waals surface area contributed by atoms with E-state index in [1.807, 2.05) is 23.7 Å². The second-order valence-electron chi connectivity index (χ2n) is 4.63. The minimum Gasteiger partial charge on any atom is -0.322 e. The van der Waals surface area contributed by atoms with E-state index in [9.17, 15) is 4.39 Å². The van der Waals surface area contributed by atoms with Crippen LogP contribution in [0.2, 0.25) is 0 Å². The van der Waals surface area contributed by atoms with Crippen molar-refractivity contribution < 1.29 is 4.39 Å². The molecule has 102 valence electrons. The van der Waals surface area contributed by atoms with E-state index in [2.05, 4.69) is 12.0 Å². The number of hydrogen-bond acceptors (Lipinski definition) is 2. The van der Waals surface area contributed by atoms with Crippen LogP contribution in [-0.4, -0.2) is 9.78 Å². The summed E-state index contributed by atoms with van der Waals surface area (Å²) in [7, 11) is 0. The molecule has 2 rings (SSSR count). The summed E-state index contributed by atoms with van der Waals surface area (Å²) >= 11 is 0. The van der Waals surface area contributed by atoms with Gasteiger partial charge in [-0.05, 0) is 37.5 Å². The first-order valence-corrected chi connectivity index (χ1v) is 6.71. The molecule has 0 aliphatic rings. The number of halogens is 1. The highest BCUT2D eigenvalue weighted by Gasteiger charge is 2.15. The van der Waals surface area contributed by atoms with Gasteiger partial charge in [0.1, 0.15) is 5.82 Å². The van der Waals surface area contributed by atoms with Gasteiger partial charge in [-0.25, -0.2) is 4.39 Å². The minimum atomic E-state index is -0.232. The monoisotopic (exact) mass is 261 g/mol. The van der Waals surface area contributed by atoms with Crippen LogP contribution in [0.5, 0.6) is 0 Å². The molecular formula is C15H20FN3. The number of benzene rings is 1. The van der Waals surface area contributed by atoms with Crippen LogP contribution in [0.25, 0.3) is 0 Å². The van der Waals surface area contributed by atoms with Gasteiger partial charge in [0, 0.05) is 6.54 Å². The molecule has 0 aliphatic carbocycles. The Bertz CT molecular complexity index is 548. The summed E-state index contributed by atoms with van der Waals surface area (Å²) in [6.45, 7) is 4.88. The average molecular weight is 261 g/mol. The SMILES string of the molecule is CCc1cc(C(N)Cc2ccccc2F)n(CC)n1. The Morgan fingerprint density at radius 2 is 2.05 bits per heavy atom. The van der Waals surface area contributed by atoms with Gasteiger partial charge in [0.2, 0.25) is 0 Å². The summed E-state index contributed by atoms with van der Waals surface area (Å²) < 4.78 is 15.5. The highest BCUT2D eigenvalue weighted by molar-refractivity contribution is 5.22. The maximum atomic E-state index is 13.6. The topological polar surface area (TPSA) is 43.8 Å². The predicted molar refractivity (Wildman–Crippen MR) is 74.3 cm³/mol. The van der Waals surface area contributed by atoms with Crippen molar-refractivity contribution in [2.45, 2.75) is 39.3 Å². The molecule has 1 unspecified atom stereocenters. The molecule has 19 heavy (non-hydrogen) atoms. The van der Waals surface area contributed by atoms with E-state index in [1.54, 1.807) is 12.1 Å². The van der Waals surface area contributed by atoms with Crippen LogP contribution >= 0.6 is 0 Å². The third kappa shape index (κ3) is 3.01. The van der Waals surface area contributed by atoms with Crippen molar-refractivity contribution in [3.05, 3.63) is 53.1 Å². The third-order valence-corrected chi connectivity index (χ3v) is 3.30. The lowest BCUT2D eigenvalue weighted by Gasteiger charge is -2.13. The van der Waals surface area contributed by atoms with E-state index < -0.39 is 0 Å². The van der Waals surface area contributed by atoms with Crippen molar-refractivity contribution in [2.75, 3.05) is 0 Å². The molecule has 2 N–H and O–H groups in total. The number of nitrogens with zero attached hydrogens (tertiary/aromatic N) is 2. The second-order valence-corrected chi connectivity index (χ2v) is 4.63. The van der Waals surface area contributed by atoms with Crippen LogP contribution in [0.4, 0.5) is 4.39 Å². The lowest BCUT2D eigenvalue weighted by Crippen LogP contribution is -2.18. The molecule has 1 aromatic heterocycles. The Kier molecular flexibility index (Phi) is 4.32. The summed E-state index contributed by atoms with van der Waals surface area (Å²) in [4.78, 5) is 0. The molecule has 0 fully saturated rings. The van der Waals surface area contributed by atoms with E-state index in [0.717, 1.165) is 24.4 Å².